The second kappa shape index (κ2) is 9.14. The first-order chi connectivity index (χ1) is 14.2. The van der Waals surface area contributed by atoms with Crippen molar-refractivity contribution in [2.45, 2.75) is 31.8 Å². The van der Waals surface area contributed by atoms with Crippen molar-refractivity contribution in [3.63, 3.8) is 0 Å². The fourth-order valence-corrected chi connectivity index (χ4v) is 4.24. The van der Waals surface area contributed by atoms with Crippen molar-refractivity contribution in [3.8, 4) is 0 Å². The molecule has 0 bridgehead atoms. The number of anilines is 1. The first-order valence-electron chi connectivity index (χ1n) is 9.52. The number of amides is 1. The number of carbonyl (C=O) groups is 1. The fraction of sp³-hybridized carbons (Fsp3) is 0.333. The highest BCUT2D eigenvalue weighted by molar-refractivity contribution is 7.93. The predicted octanol–water partition coefficient (Wildman–Crippen LogP) is 3.89. The van der Waals surface area contributed by atoms with Gasteiger partial charge in [-0.2, -0.15) is 4.39 Å². The quantitative estimate of drug-likeness (QED) is 0.674. The molecule has 2 atom stereocenters. The molecular weight excluding hydrogens is 429 g/mol. The van der Waals surface area contributed by atoms with Crippen LogP contribution in [0.3, 0.4) is 0 Å². The number of aromatic nitrogens is 1. The molecule has 0 saturated carbocycles. The van der Waals surface area contributed by atoms with E-state index in [9.17, 15) is 17.6 Å². The van der Waals surface area contributed by atoms with E-state index in [1.807, 2.05) is 29.2 Å². The highest BCUT2D eigenvalue weighted by atomic mass is 35.5. The number of sulfone groups is 1. The summed E-state index contributed by atoms with van der Waals surface area (Å²) in [6, 6.07) is 9.97. The van der Waals surface area contributed by atoms with Gasteiger partial charge in [-0.1, -0.05) is 35.9 Å². The summed E-state index contributed by atoms with van der Waals surface area (Å²) in [5.74, 6) is -1.10. The number of hydrogen-bond donors (Lipinski definition) is 1. The van der Waals surface area contributed by atoms with Crippen molar-refractivity contribution >= 4 is 33.2 Å². The van der Waals surface area contributed by atoms with Gasteiger partial charge in [0.15, 0.2) is 9.84 Å². The molecule has 2 heterocycles. The lowest BCUT2D eigenvalue weighted by Crippen LogP contribution is -2.32. The molecule has 6 nitrogen and oxygen atoms in total. The molecule has 1 saturated heterocycles. The van der Waals surface area contributed by atoms with Gasteiger partial charge in [0.05, 0.1) is 11.6 Å². The van der Waals surface area contributed by atoms with E-state index in [0.29, 0.717) is 17.4 Å². The van der Waals surface area contributed by atoms with E-state index in [1.165, 1.54) is 12.1 Å². The van der Waals surface area contributed by atoms with Crippen LogP contribution in [0.15, 0.2) is 47.9 Å². The number of hydrogen-bond acceptors (Lipinski definition) is 5. The summed E-state index contributed by atoms with van der Waals surface area (Å²) in [6.07, 6.45) is 4.17. The fourth-order valence-electron chi connectivity index (χ4n) is 3.46. The van der Waals surface area contributed by atoms with Gasteiger partial charge in [0.25, 0.3) is 5.91 Å². The maximum atomic E-state index is 14.6. The minimum Gasteiger partial charge on any atom is -0.349 e. The van der Waals surface area contributed by atoms with E-state index in [1.54, 1.807) is 13.0 Å². The number of halogens is 2. The maximum absolute atomic E-state index is 14.6. The summed E-state index contributed by atoms with van der Waals surface area (Å²) in [7, 11) is -3.31. The second-order valence-electron chi connectivity index (χ2n) is 7.30. The third kappa shape index (κ3) is 5.37. The number of pyridine rings is 1. The number of nitrogens with zero attached hydrogens (tertiary/aromatic N) is 2. The first kappa shape index (κ1) is 22.2. The molecule has 3 rings (SSSR count). The Balaban J connectivity index is 1.77. The molecule has 1 aliphatic heterocycles. The Labute approximate surface area is 180 Å². The Bertz CT molecular complexity index is 1070. The van der Waals surface area contributed by atoms with Crippen LogP contribution in [0.4, 0.5) is 10.2 Å². The number of nitrogens with one attached hydrogen (secondary N) is 1. The van der Waals surface area contributed by atoms with Crippen LogP contribution >= 0.6 is 11.6 Å². The summed E-state index contributed by atoms with van der Waals surface area (Å²) in [6.45, 7) is 2.30. The lowest BCUT2D eigenvalue weighted by molar-refractivity contribution is 0.0942. The van der Waals surface area contributed by atoms with E-state index in [4.69, 9.17) is 11.6 Å². The minimum absolute atomic E-state index is 0.00794. The average molecular weight is 452 g/mol. The standard InChI is InChI=1S/C21H23ClFN3O3S/c1-14(11-13-30(2,28)29)24-21(27)16-9-10-19(25-20(16)23)26-12-5-8-18(26)15-6-3-4-7-17(15)22/h3-4,6-7,9-11,13-14,18H,5,8,12H2,1-2H3,(H,24,27)/b13-11+/t14-,18-/m1/s1. The number of carbonyl (C=O) groups excluding carboxylic acids is 1. The molecule has 0 aliphatic carbocycles. The Morgan fingerprint density at radius 2 is 2.07 bits per heavy atom. The van der Waals surface area contributed by atoms with Crippen LogP contribution in [0.2, 0.25) is 5.02 Å². The molecule has 1 aromatic heterocycles. The number of rotatable bonds is 6. The van der Waals surface area contributed by atoms with E-state index in [2.05, 4.69) is 10.3 Å². The monoisotopic (exact) mass is 451 g/mol. The van der Waals surface area contributed by atoms with Gasteiger partial charge in [0, 0.05) is 29.3 Å². The smallest absolute Gasteiger partial charge is 0.256 e. The van der Waals surface area contributed by atoms with Gasteiger partial charge >= 0.3 is 0 Å². The zero-order chi connectivity index (χ0) is 21.9. The molecule has 30 heavy (non-hydrogen) atoms. The molecule has 1 N–H and O–H groups in total. The van der Waals surface area contributed by atoms with Gasteiger partial charge in [0.1, 0.15) is 5.82 Å². The summed E-state index contributed by atoms with van der Waals surface area (Å²) in [4.78, 5) is 18.4. The molecule has 160 valence electrons. The molecular formula is C21H23ClFN3O3S. The van der Waals surface area contributed by atoms with Crippen LogP contribution in [-0.2, 0) is 9.84 Å². The van der Waals surface area contributed by atoms with Crippen molar-refractivity contribution in [3.05, 3.63) is 70.0 Å². The molecule has 0 unspecified atom stereocenters. The van der Waals surface area contributed by atoms with Crippen molar-refractivity contribution < 1.29 is 17.6 Å². The molecule has 1 fully saturated rings. The molecule has 1 amide bonds. The average Bonchev–Trinajstić information content (AvgIpc) is 3.15. The van der Waals surface area contributed by atoms with Gasteiger partial charge in [-0.25, -0.2) is 13.4 Å². The molecule has 1 aromatic carbocycles. The third-order valence-electron chi connectivity index (χ3n) is 4.86. The zero-order valence-electron chi connectivity index (χ0n) is 16.7. The number of benzene rings is 1. The van der Waals surface area contributed by atoms with Crippen LogP contribution in [-0.4, -0.2) is 38.2 Å². The molecule has 2 aromatic rings. The normalized spacial score (nSPS) is 18.0. The third-order valence-corrected chi connectivity index (χ3v) is 5.86. The van der Waals surface area contributed by atoms with E-state index in [0.717, 1.165) is 30.1 Å². The van der Waals surface area contributed by atoms with E-state index < -0.39 is 27.7 Å². The summed E-state index contributed by atoms with van der Waals surface area (Å²) >= 11 is 6.34. The maximum Gasteiger partial charge on any atom is 0.256 e. The van der Waals surface area contributed by atoms with Gasteiger partial charge in [-0.15, -0.1) is 0 Å². The van der Waals surface area contributed by atoms with Gasteiger partial charge in [0.2, 0.25) is 5.95 Å². The molecule has 1 aliphatic rings. The Kier molecular flexibility index (Phi) is 6.77. The largest absolute Gasteiger partial charge is 0.349 e. The SMILES string of the molecule is C[C@H](/C=C/S(C)(=O)=O)NC(=O)c1ccc(N2CCC[C@@H]2c2ccccc2Cl)nc1F. The van der Waals surface area contributed by atoms with Crippen LogP contribution in [0.1, 0.15) is 41.7 Å². The topological polar surface area (TPSA) is 79.4 Å². The summed E-state index contributed by atoms with van der Waals surface area (Å²) < 4.78 is 37.0. The van der Waals surface area contributed by atoms with Gasteiger partial charge in [-0.05, 0) is 43.5 Å². The lowest BCUT2D eigenvalue weighted by atomic mass is 10.0. The molecule has 0 radical (unpaired) electrons. The zero-order valence-corrected chi connectivity index (χ0v) is 18.3. The highest BCUT2D eigenvalue weighted by Gasteiger charge is 2.29. The second-order valence-corrected chi connectivity index (χ2v) is 9.64. The van der Waals surface area contributed by atoms with Crippen LogP contribution in [0, 0.1) is 5.95 Å². The minimum atomic E-state index is -3.31. The Morgan fingerprint density at radius 1 is 1.33 bits per heavy atom. The summed E-state index contributed by atoms with van der Waals surface area (Å²) in [5.41, 5.74) is 0.763. The van der Waals surface area contributed by atoms with Crippen LogP contribution in [0.5, 0.6) is 0 Å². The van der Waals surface area contributed by atoms with E-state index >= 15 is 0 Å². The van der Waals surface area contributed by atoms with Gasteiger partial charge < -0.3 is 10.2 Å². The van der Waals surface area contributed by atoms with E-state index in [-0.39, 0.29) is 11.6 Å². The lowest BCUT2D eigenvalue weighted by Gasteiger charge is -2.27. The first-order valence-corrected chi connectivity index (χ1v) is 11.9. The Morgan fingerprint density at radius 3 is 2.73 bits per heavy atom. The van der Waals surface area contributed by atoms with Crippen molar-refractivity contribution in [2.24, 2.45) is 0 Å². The van der Waals surface area contributed by atoms with Gasteiger partial charge in [-0.3, -0.25) is 4.79 Å². The molecule has 9 heteroatoms. The van der Waals surface area contributed by atoms with Crippen LogP contribution in [0.25, 0.3) is 0 Å². The Hall–Kier alpha value is -2.45. The predicted molar refractivity (Wildman–Crippen MR) is 116 cm³/mol. The van der Waals surface area contributed by atoms with Crippen LogP contribution < -0.4 is 10.2 Å². The summed E-state index contributed by atoms with van der Waals surface area (Å²) in [5, 5.41) is 4.19. The molecule has 0 spiro atoms. The highest BCUT2D eigenvalue weighted by Crippen LogP contribution is 2.38. The van der Waals surface area contributed by atoms with Crippen molar-refractivity contribution in [1.82, 2.24) is 10.3 Å². The van der Waals surface area contributed by atoms with Crippen molar-refractivity contribution in [2.75, 3.05) is 17.7 Å². The van der Waals surface area contributed by atoms with Crippen molar-refractivity contribution in [1.29, 1.82) is 0 Å².